The summed E-state index contributed by atoms with van der Waals surface area (Å²) in [5.74, 6) is 0.951. The Hall–Kier alpha value is -0.530. The minimum atomic E-state index is 0.357. The van der Waals surface area contributed by atoms with Crippen LogP contribution in [0.4, 0.5) is 0 Å². The minimum absolute atomic E-state index is 0.357. The predicted molar refractivity (Wildman–Crippen MR) is 49.9 cm³/mol. The maximum Gasteiger partial charge on any atom is 0.222 e. The summed E-state index contributed by atoms with van der Waals surface area (Å²) >= 11 is 0. The highest BCUT2D eigenvalue weighted by molar-refractivity contribution is 5.78. The third-order valence-corrected chi connectivity index (χ3v) is 2.70. The van der Waals surface area contributed by atoms with E-state index in [4.69, 9.17) is 0 Å². The van der Waals surface area contributed by atoms with E-state index in [1.165, 1.54) is 0 Å². The molecule has 0 aromatic rings. The van der Waals surface area contributed by atoms with E-state index in [-0.39, 0.29) is 0 Å². The van der Waals surface area contributed by atoms with Crippen LogP contribution in [0.15, 0.2) is 0 Å². The summed E-state index contributed by atoms with van der Waals surface area (Å²) in [7, 11) is 0. The number of hydrogen-bond acceptors (Lipinski definition) is 1. The fourth-order valence-electron chi connectivity index (χ4n) is 2.07. The van der Waals surface area contributed by atoms with Crippen LogP contribution in [0, 0.1) is 5.92 Å². The van der Waals surface area contributed by atoms with Crippen molar-refractivity contribution in [2.24, 2.45) is 5.92 Å². The van der Waals surface area contributed by atoms with E-state index in [9.17, 15) is 4.79 Å². The van der Waals surface area contributed by atoms with Gasteiger partial charge in [-0.15, -0.1) is 0 Å². The zero-order chi connectivity index (χ0) is 9.14. The maximum absolute atomic E-state index is 11.4. The number of hydrogen-bond donors (Lipinski definition) is 0. The van der Waals surface area contributed by atoms with Gasteiger partial charge in [-0.2, -0.15) is 0 Å². The van der Waals surface area contributed by atoms with Crippen molar-refractivity contribution < 1.29 is 4.79 Å². The lowest BCUT2D eigenvalue weighted by atomic mass is 10.0. The molecule has 1 aliphatic heterocycles. The first-order chi connectivity index (χ1) is 5.66. The van der Waals surface area contributed by atoms with Gasteiger partial charge in [0, 0.05) is 19.0 Å². The summed E-state index contributed by atoms with van der Waals surface area (Å²) in [6.07, 6.45) is 2.91. The van der Waals surface area contributed by atoms with Crippen LogP contribution in [0.3, 0.4) is 0 Å². The van der Waals surface area contributed by atoms with Gasteiger partial charge in [0.25, 0.3) is 0 Å². The maximum atomic E-state index is 11.4. The molecule has 1 unspecified atom stereocenters. The molecule has 0 N–H and O–H groups in total. The lowest BCUT2D eigenvalue weighted by Gasteiger charge is -2.29. The molecule has 70 valence electrons. The third kappa shape index (κ3) is 1.79. The van der Waals surface area contributed by atoms with Crippen molar-refractivity contribution in [3.63, 3.8) is 0 Å². The lowest BCUT2D eigenvalue weighted by Crippen LogP contribution is -2.39. The Morgan fingerprint density at radius 3 is 2.50 bits per heavy atom. The molecule has 1 saturated heterocycles. The number of nitrogens with zero attached hydrogens (tertiary/aromatic N) is 1. The fraction of sp³-hybridized carbons (Fsp3) is 0.900. The van der Waals surface area contributed by atoms with Crippen molar-refractivity contribution in [3.05, 3.63) is 0 Å². The molecule has 1 fully saturated rings. The summed E-state index contributed by atoms with van der Waals surface area (Å²) in [6.45, 7) is 7.53. The molecule has 1 heterocycles. The molecule has 1 rings (SSSR count). The highest BCUT2D eigenvalue weighted by Crippen LogP contribution is 2.20. The Balaban J connectivity index is 2.58. The Morgan fingerprint density at radius 1 is 1.50 bits per heavy atom. The molecule has 12 heavy (non-hydrogen) atoms. The molecule has 0 radical (unpaired) electrons. The average molecular weight is 169 g/mol. The molecular weight excluding hydrogens is 150 g/mol. The summed E-state index contributed by atoms with van der Waals surface area (Å²) < 4.78 is 0. The van der Waals surface area contributed by atoms with Crippen molar-refractivity contribution in [1.82, 2.24) is 4.90 Å². The van der Waals surface area contributed by atoms with Gasteiger partial charge in [-0.1, -0.05) is 20.8 Å². The minimum Gasteiger partial charge on any atom is -0.339 e. The molecule has 0 spiro atoms. The summed E-state index contributed by atoms with van der Waals surface area (Å²) in [5.41, 5.74) is 0. The number of carbonyl (C=O) groups is 1. The van der Waals surface area contributed by atoms with Gasteiger partial charge in [0.1, 0.15) is 0 Å². The van der Waals surface area contributed by atoms with Gasteiger partial charge in [-0.3, -0.25) is 4.79 Å². The molecule has 1 atom stereocenters. The number of likely N-dealkylation sites (tertiary alicyclic amines) is 1. The number of rotatable bonds is 3. The van der Waals surface area contributed by atoms with Crippen LogP contribution >= 0.6 is 0 Å². The molecule has 1 amide bonds. The second-order valence-electron chi connectivity index (χ2n) is 3.91. The first-order valence-electron chi connectivity index (χ1n) is 4.96. The molecular formula is C10H19NO. The largest absolute Gasteiger partial charge is 0.339 e. The monoisotopic (exact) mass is 169 g/mol. The van der Waals surface area contributed by atoms with E-state index in [1.54, 1.807) is 0 Å². The second kappa shape index (κ2) is 3.92. The van der Waals surface area contributed by atoms with Gasteiger partial charge in [0.15, 0.2) is 0 Å². The van der Waals surface area contributed by atoms with Gasteiger partial charge < -0.3 is 4.90 Å². The lowest BCUT2D eigenvalue weighted by molar-refractivity contribution is -0.130. The summed E-state index contributed by atoms with van der Waals surface area (Å²) in [5, 5.41) is 0. The van der Waals surface area contributed by atoms with Crippen LogP contribution in [-0.2, 0) is 4.79 Å². The molecule has 0 saturated carbocycles. The quantitative estimate of drug-likeness (QED) is 0.633. The molecule has 2 nitrogen and oxygen atoms in total. The summed E-state index contributed by atoms with van der Waals surface area (Å²) in [6, 6.07) is 0.472. The normalized spacial score (nSPS) is 20.7. The SMILES string of the molecule is CCC(C(C)C)N1CCCC1=O. The smallest absolute Gasteiger partial charge is 0.222 e. The van der Waals surface area contributed by atoms with Gasteiger partial charge in [0.2, 0.25) is 5.91 Å². The van der Waals surface area contributed by atoms with E-state index in [0.717, 1.165) is 25.8 Å². The number of carbonyl (C=O) groups excluding carboxylic acids is 1. The van der Waals surface area contributed by atoms with Crippen molar-refractivity contribution in [3.8, 4) is 0 Å². The first-order valence-corrected chi connectivity index (χ1v) is 4.96. The zero-order valence-electron chi connectivity index (χ0n) is 8.34. The molecule has 2 heteroatoms. The van der Waals surface area contributed by atoms with E-state index in [1.807, 2.05) is 0 Å². The van der Waals surface area contributed by atoms with E-state index in [2.05, 4.69) is 25.7 Å². The average Bonchev–Trinajstić information content (AvgIpc) is 2.38. The van der Waals surface area contributed by atoms with Crippen LogP contribution in [0.1, 0.15) is 40.0 Å². The van der Waals surface area contributed by atoms with Crippen LogP contribution in [0.25, 0.3) is 0 Å². The van der Waals surface area contributed by atoms with E-state index in [0.29, 0.717) is 17.9 Å². The van der Waals surface area contributed by atoms with E-state index >= 15 is 0 Å². The molecule has 1 aliphatic rings. The highest BCUT2D eigenvalue weighted by Gasteiger charge is 2.28. The zero-order valence-corrected chi connectivity index (χ0v) is 8.34. The van der Waals surface area contributed by atoms with Crippen LogP contribution in [0.2, 0.25) is 0 Å². The Morgan fingerprint density at radius 2 is 2.17 bits per heavy atom. The van der Waals surface area contributed by atoms with Gasteiger partial charge in [-0.25, -0.2) is 0 Å². The topological polar surface area (TPSA) is 20.3 Å². The van der Waals surface area contributed by atoms with Gasteiger partial charge in [0.05, 0.1) is 0 Å². The van der Waals surface area contributed by atoms with Crippen LogP contribution < -0.4 is 0 Å². The van der Waals surface area contributed by atoms with Gasteiger partial charge in [-0.05, 0) is 18.8 Å². The predicted octanol–water partition coefficient (Wildman–Crippen LogP) is 2.04. The van der Waals surface area contributed by atoms with Crippen molar-refractivity contribution in [2.75, 3.05) is 6.54 Å². The van der Waals surface area contributed by atoms with Gasteiger partial charge >= 0.3 is 0 Å². The standard InChI is InChI=1S/C10H19NO/c1-4-9(8(2)3)11-7-5-6-10(11)12/h8-9H,4-7H2,1-3H3. The molecule has 0 aromatic carbocycles. The van der Waals surface area contributed by atoms with E-state index < -0.39 is 0 Å². The highest BCUT2D eigenvalue weighted by atomic mass is 16.2. The molecule has 0 aromatic heterocycles. The third-order valence-electron chi connectivity index (χ3n) is 2.70. The first kappa shape index (κ1) is 9.56. The van der Waals surface area contributed by atoms with Crippen LogP contribution in [-0.4, -0.2) is 23.4 Å². The van der Waals surface area contributed by atoms with Crippen molar-refractivity contribution >= 4 is 5.91 Å². The Labute approximate surface area is 74.9 Å². The Kier molecular flexibility index (Phi) is 3.12. The molecule has 0 aliphatic carbocycles. The Bertz CT molecular complexity index is 165. The second-order valence-corrected chi connectivity index (χ2v) is 3.91. The fourth-order valence-corrected chi connectivity index (χ4v) is 2.07. The van der Waals surface area contributed by atoms with Crippen molar-refractivity contribution in [2.45, 2.75) is 46.1 Å². The number of amides is 1. The summed E-state index contributed by atoms with van der Waals surface area (Å²) in [4.78, 5) is 13.5. The van der Waals surface area contributed by atoms with Crippen LogP contribution in [0.5, 0.6) is 0 Å². The molecule has 0 bridgehead atoms. The van der Waals surface area contributed by atoms with Crippen molar-refractivity contribution in [1.29, 1.82) is 0 Å².